The van der Waals surface area contributed by atoms with E-state index in [2.05, 4.69) is 32.9 Å². The van der Waals surface area contributed by atoms with E-state index in [1.54, 1.807) is 14.2 Å². The Morgan fingerprint density at radius 2 is 1.72 bits per heavy atom. The van der Waals surface area contributed by atoms with E-state index < -0.39 is 5.60 Å². The lowest BCUT2D eigenvalue weighted by molar-refractivity contribution is 0.0669. The Bertz CT molecular complexity index is 497. The van der Waals surface area contributed by atoms with Crippen LogP contribution in [0, 0.1) is 12.8 Å². The van der Waals surface area contributed by atoms with Gasteiger partial charge < -0.3 is 14.6 Å². The first kappa shape index (κ1) is 22.2. The molecule has 1 aromatic rings. The van der Waals surface area contributed by atoms with E-state index in [0.29, 0.717) is 11.2 Å². The Labute approximate surface area is 158 Å². The molecule has 2 atom stereocenters. The molecule has 0 amide bonds. The zero-order chi connectivity index (χ0) is 19.0. The van der Waals surface area contributed by atoms with Gasteiger partial charge in [-0.05, 0) is 63.0 Å². The van der Waals surface area contributed by atoms with Crippen molar-refractivity contribution in [2.45, 2.75) is 71.2 Å². The molecule has 1 N–H and O–H groups in total. The lowest BCUT2D eigenvalue weighted by atomic mass is 9.92. The minimum atomic E-state index is -0.569. The normalized spacial score (nSPS) is 14.2. The van der Waals surface area contributed by atoms with Crippen molar-refractivity contribution in [3.8, 4) is 11.5 Å². The van der Waals surface area contributed by atoms with Crippen molar-refractivity contribution in [2.75, 3.05) is 20.0 Å². The first-order valence-corrected chi connectivity index (χ1v) is 10.3. The summed E-state index contributed by atoms with van der Waals surface area (Å²) >= 11 is 1.95. The maximum absolute atomic E-state index is 9.90. The molecule has 0 saturated heterocycles. The van der Waals surface area contributed by atoms with E-state index in [-0.39, 0.29) is 0 Å². The third-order valence-corrected chi connectivity index (χ3v) is 5.64. The first-order valence-electron chi connectivity index (χ1n) is 9.28. The molecule has 3 nitrogen and oxygen atoms in total. The molecule has 2 unspecified atom stereocenters. The second-order valence-electron chi connectivity index (χ2n) is 7.57. The molecule has 1 aromatic carbocycles. The van der Waals surface area contributed by atoms with E-state index in [9.17, 15) is 5.11 Å². The SMILES string of the molecule is CCSC(CC(C)CCCC(C)(C)O)c1c(OC)cc(C)cc1OC. The average molecular weight is 369 g/mol. The molecule has 0 aromatic heterocycles. The maximum atomic E-state index is 9.90. The second kappa shape index (κ2) is 10.3. The van der Waals surface area contributed by atoms with Crippen molar-refractivity contribution in [1.82, 2.24) is 0 Å². The monoisotopic (exact) mass is 368 g/mol. The lowest BCUT2D eigenvalue weighted by Gasteiger charge is -2.25. The Morgan fingerprint density at radius 1 is 1.16 bits per heavy atom. The summed E-state index contributed by atoms with van der Waals surface area (Å²) in [5, 5.41) is 10.3. The first-order chi connectivity index (χ1) is 11.7. The minimum Gasteiger partial charge on any atom is -0.496 e. The van der Waals surface area contributed by atoms with E-state index >= 15 is 0 Å². The Morgan fingerprint density at radius 3 is 2.16 bits per heavy atom. The Balaban J connectivity index is 2.92. The standard InChI is InChI=1S/C21H36O3S/c1-8-25-19(14-15(2)10-9-11-21(4,5)22)20-17(23-6)12-16(3)13-18(20)24-7/h12-13,15,19,22H,8-11,14H2,1-7H3. The Hall–Kier alpha value is -0.870. The number of benzene rings is 1. The summed E-state index contributed by atoms with van der Waals surface area (Å²) in [6.07, 6.45) is 4.11. The summed E-state index contributed by atoms with van der Waals surface area (Å²) in [5.41, 5.74) is 1.76. The van der Waals surface area contributed by atoms with Gasteiger partial charge in [-0.25, -0.2) is 0 Å². The molecule has 0 aliphatic heterocycles. The molecular formula is C21H36O3S. The molecule has 144 valence electrons. The number of aliphatic hydroxyl groups is 1. The second-order valence-corrected chi connectivity index (χ2v) is 9.05. The predicted molar refractivity (Wildman–Crippen MR) is 109 cm³/mol. The zero-order valence-corrected chi connectivity index (χ0v) is 17.8. The molecular weight excluding hydrogens is 332 g/mol. The van der Waals surface area contributed by atoms with Gasteiger partial charge in [0.05, 0.1) is 19.8 Å². The highest BCUT2D eigenvalue weighted by molar-refractivity contribution is 7.99. The van der Waals surface area contributed by atoms with Crippen LogP contribution in [0.2, 0.25) is 0 Å². The molecule has 0 fully saturated rings. The van der Waals surface area contributed by atoms with Crippen LogP contribution in [0.1, 0.15) is 69.8 Å². The Kier molecular flexibility index (Phi) is 9.15. The van der Waals surface area contributed by atoms with Crippen LogP contribution in [0.25, 0.3) is 0 Å². The van der Waals surface area contributed by atoms with Gasteiger partial charge in [0.1, 0.15) is 11.5 Å². The largest absolute Gasteiger partial charge is 0.496 e. The summed E-state index contributed by atoms with van der Waals surface area (Å²) in [6.45, 7) is 10.3. The topological polar surface area (TPSA) is 38.7 Å². The molecule has 0 radical (unpaired) electrons. The summed E-state index contributed by atoms with van der Waals surface area (Å²) in [6, 6.07) is 4.19. The van der Waals surface area contributed by atoms with Crippen LogP contribution in [-0.4, -0.2) is 30.7 Å². The third kappa shape index (κ3) is 7.49. The fraction of sp³-hybridized carbons (Fsp3) is 0.714. The highest BCUT2D eigenvalue weighted by atomic mass is 32.2. The van der Waals surface area contributed by atoms with Gasteiger partial charge in [0.15, 0.2) is 0 Å². The van der Waals surface area contributed by atoms with Crippen LogP contribution in [-0.2, 0) is 0 Å². The van der Waals surface area contributed by atoms with Crippen molar-refractivity contribution in [3.63, 3.8) is 0 Å². The van der Waals surface area contributed by atoms with E-state index in [1.807, 2.05) is 25.6 Å². The van der Waals surface area contributed by atoms with Gasteiger partial charge in [0, 0.05) is 10.8 Å². The number of methoxy groups -OCH3 is 2. The van der Waals surface area contributed by atoms with Crippen LogP contribution < -0.4 is 9.47 Å². The minimum absolute atomic E-state index is 0.354. The van der Waals surface area contributed by atoms with Gasteiger partial charge in [-0.3, -0.25) is 0 Å². The van der Waals surface area contributed by atoms with Crippen molar-refractivity contribution < 1.29 is 14.6 Å². The number of rotatable bonds is 11. The van der Waals surface area contributed by atoms with Gasteiger partial charge in [0.2, 0.25) is 0 Å². The van der Waals surface area contributed by atoms with Crippen LogP contribution in [0.5, 0.6) is 11.5 Å². The molecule has 4 heteroatoms. The molecule has 0 spiro atoms. The number of ether oxygens (including phenoxy) is 2. The van der Waals surface area contributed by atoms with Crippen LogP contribution in [0.3, 0.4) is 0 Å². The smallest absolute Gasteiger partial charge is 0.127 e. The van der Waals surface area contributed by atoms with E-state index in [1.165, 1.54) is 5.56 Å². The maximum Gasteiger partial charge on any atom is 0.127 e. The molecule has 0 bridgehead atoms. The van der Waals surface area contributed by atoms with Gasteiger partial charge >= 0.3 is 0 Å². The van der Waals surface area contributed by atoms with E-state index in [4.69, 9.17) is 9.47 Å². The van der Waals surface area contributed by atoms with Crippen molar-refractivity contribution in [1.29, 1.82) is 0 Å². The van der Waals surface area contributed by atoms with Crippen molar-refractivity contribution in [3.05, 3.63) is 23.3 Å². The van der Waals surface area contributed by atoms with Gasteiger partial charge in [0.25, 0.3) is 0 Å². The van der Waals surface area contributed by atoms with Gasteiger partial charge in [-0.2, -0.15) is 11.8 Å². The summed E-state index contributed by atoms with van der Waals surface area (Å²) < 4.78 is 11.4. The number of thioether (sulfide) groups is 1. The fourth-order valence-corrected chi connectivity index (χ4v) is 4.49. The van der Waals surface area contributed by atoms with Gasteiger partial charge in [-0.15, -0.1) is 0 Å². The molecule has 0 aliphatic carbocycles. The predicted octanol–water partition coefficient (Wildman–Crippen LogP) is 5.77. The highest BCUT2D eigenvalue weighted by Gasteiger charge is 2.24. The lowest BCUT2D eigenvalue weighted by Crippen LogP contribution is -2.18. The quantitative estimate of drug-likeness (QED) is 0.538. The van der Waals surface area contributed by atoms with Crippen molar-refractivity contribution >= 4 is 11.8 Å². The van der Waals surface area contributed by atoms with E-state index in [0.717, 1.165) is 48.5 Å². The third-order valence-electron chi connectivity index (χ3n) is 4.48. The summed E-state index contributed by atoms with van der Waals surface area (Å²) in [7, 11) is 3.47. The summed E-state index contributed by atoms with van der Waals surface area (Å²) in [5.74, 6) is 3.49. The molecule has 0 saturated carbocycles. The van der Waals surface area contributed by atoms with Gasteiger partial charge in [-0.1, -0.05) is 26.7 Å². The molecule has 0 aliphatic rings. The van der Waals surface area contributed by atoms with Crippen LogP contribution in [0.15, 0.2) is 12.1 Å². The van der Waals surface area contributed by atoms with Crippen LogP contribution >= 0.6 is 11.8 Å². The summed E-state index contributed by atoms with van der Waals surface area (Å²) in [4.78, 5) is 0. The number of hydrogen-bond acceptors (Lipinski definition) is 4. The highest BCUT2D eigenvalue weighted by Crippen LogP contribution is 2.45. The molecule has 0 heterocycles. The fourth-order valence-electron chi connectivity index (χ4n) is 3.22. The average Bonchev–Trinajstić information content (AvgIpc) is 2.52. The number of hydrogen-bond donors (Lipinski definition) is 1. The van der Waals surface area contributed by atoms with Crippen LogP contribution in [0.4, 0.5) is 0 Å². The molecule has 1 rings (SSSR count). The zero-order valence-electron chi connectivity index (χ0n) is 17.0. The number of aryl methyl sites for hydroxylation is 1. The van der Waals surface area contributed by atoms with Crippen molar-refractivity contribution in [2.24, 2.45) is 5.92 Å². The molecule has 25 heavy (non-hydrogen) atoms.